The van der Waals surface area contributed by atoms with E-state index >= 15 is 0 Å². The number of Topliss-reactive ketones (excluding diaryl/α,β-unsaturated/α-hetero) is 1. The van der Waals surface area contributed by atoms with Gasteiger partial charge in [-0.3, -0.25) is 9.59 Å². The number of ether oxygens (including phenoxy) is 2. The summed E-state index contributed by atoms with van der Waals surface area (Å²) in [5.41, 5.74) is 0.382. The van der Waals surface area contributed by atoms with Gasteiger partial charge in [-0.15, -0.1) is 0 Å². The fourth-order valence-electron chi connectivity index (χ4n) is 1.99. The Balaban J connectivity index is 3.04. The number of aliphatic carboxylic acids is 1. The van der Waals surface area contributed by atoms with Gasteiger partial charge in [0.15, 0.2) is 17.3 Å². The molecule has 1 rings (SSSR count). The third-order valence-electron chi connectivity index (χ3n) is 2.90. The number of hydrogen-bond donors (Lipinski definition) is 2. The fraction of sp³-hybridized carbons (Fsp3) is 0.467. The van der Waals surface area contributed by atoms with Gasteiger partial charge in [0.25, 0.3) is 0 Å². The Morgan fingerprint density at radius 3 is 2.29 bits per heavy atom. The summed E-state index contributed by atoms with van der Waals surface area (Å²) in [6.45, 7) is 3.72. The standard InChI is InChI=1S/C15H21NO5/c1-9(2)16-11(8-14(17)18)15(19)10-5-6-12(20-3)13(7-10)21-4/h5-7,9,11,16H,8H2,1-4H3,(H,17,18). The highest BCUT2D eigenvalue weighted by Crippen LogP contribution is 2.28. The molecule has 1 aromatic carbocycles. The Morgan fingerprint density at radius 1 is 1.19 bits per heavy atom. The van der Waals surface area contributed by atoms with E-state index in [0.29, 0.717) is 17.1 Å². The van der Waals surface area contributed by atoms with Crippen LogP contribution in [0, 0.1) is 0 Å². The molecule has 21 heavy (non-hydrogen) atoms. The zero-order valence-electron chi connectivity index (χ0n) is 12.7. The first kappa shape index (κ1) is 17.0. The van der Waals surface area contributed by atoms with E-state index < -0.39 is 12.0 Å². The van der Waals surface area contributed by atoms with Gasteiger partial charge in [0, 0.05) is 11.6 Å². The fourth-order valence-corrected chi connectivity index (χ4v) is 1.99. The lowest BCUT2D eigenvalue weighted by molar-refractivity contribution is -0.137. The smallest absolute Gasteiger partial charge is 0.305 e. The second-order valence-electron chi connectivity index (χ2n) is 4.91. The lowest BCUT2D eigenvalue weighted by atomic mass is 10.0. The molecule has 0 radical (unpaired) electrons. The van der Waals surface area contributed by atoms with Crippen molar-refractivity contribution in [2.75, 3.05) is 14.2 Å². The van der Waals surface area contributed by atoms with Crippen molar-refractivity contribution >= 4 is 11.8 Å². The van der Waals surface area contributed by atoms with E-state index in [0.717, 1.165) is 0 Å². The van der Waals surface area contributed by atoms with Gasteiger partial charge >= 0.3 is 5.97 Å². The predicted molar refractivity (Wildman–Crippen MR) is 78.2 cm³/mol. The van der Waals surface area contributed by atoms with Crippen molar-refractivity contribution in [3.8, 4) is 11.5 Å². The number of carboxylic acids is 1. The van der Waals surface area contributed by atoms with E-state index in [1.54, 1.807) is 18.2 Å². The highest BCUT2D eigenvalue weighted by molar-refractivity contribution is 6.02. The predicted octanol–water partition coefficient (Wildman–Crippen LogP) is 1.73. The van der Waals surface area contributed by atoms with Crippen LogP contribution in [-0.2, 0) is 4.79 Å². The Hall–Kier alpha value is -2.08. The molecule has 0 saturated heterocycles. The third kappa shape index (κ3) is 4.75. The van der Waals surface area contributed by atoms with Crippen molar-refractivity contribution in [2.45, 2.75) is 32.4 Å². The molecule has 0 saturated carbocycles. The second kappa shape index (κ2) is 7.64. The molecule has 0 aliphatic heterocycles. The lowest BCUT2D eigenvalue weighted by Crippen LogP contribution is -2.42. The third-order valence-corrected chi connectivity index (χ3v) is 2.90. The van der Waals surface area contributed by atoms with Gasteiger partial charge in [0.2, 0.25) is 0 Å². The van der Waals surface area contributed by atoms with E-state index in [4.69, 9.17) is 14.6 Å². The van der Waals surface area contributed by atoms with E-state index in [2.05, 4.69) is 5.32 Å². The molecular formula is C15H21NO5. The van der Waals surface area contributed by atoms with Crippen LogP contribution in [0.4, 0.5) is 0 Å². The molecule has 1 aromatic rings. The summed E-state index contributed by atoms with van der Waals surface area (Å²) in [6, 6.07) is 4.00. The Labute approximate surface area is 124 Å². The number of carbonyl (C=O) groups is 2. The van der Waals surface area contributed by atoms with Crippen LogP contribution in [0.1, 0.15) is 30.6 Å². The zero-order valence-corrected chi connectivity index (χ0v) is 12.7. The van der Waals surface area contributed by atoms with E-state index in [1.807, 2.05) is 13.8 Å². The number of carboxylic acid groups (broad SMARTS) is 1. The summed E-state index contributed by atoms with van der Waals surface area (Å²) < 4.78 is 10.3. The van der Waals surface area contributed by atoms with E-state index in [-0.39, 0.29) is 18.2 Å². The van der Waals surface area contributed by atoms with Crippen LogP contribution in [-0.4, -0.2) is 43.2 Å². The van der Waals surface area contributed by atoms with Crippen molar-refractivity contribution in [3.05, 3.63) is 23.8 Å². The van der Waals surface area contributed by atoms with Gasteiger partial charge in [0.1, 0.15) is 0 Å². The summed E-state index contributed by atoms with van der Waals surface area (Å²) in [6.07, 6.45) is -0.272. The first-order chi connectivity index (χ1) is 9.88. The van der Waals surface area contributed by atoms with Gasteiger partial charge in [-0.05, 0) is 18.2 Å². The van der Waals surface area contributed by atoms with Crippen LogP contribution in [0.3, 0.4) is 0 Å². The zero-order chi connectivity index (χ0) is 16.0. The van der Waals surface area contributed by atoms with Crippen LogP contribution in [0.15, 0.2) is 18.2 Å². The minimum absolute atomic E-state index is 0.00144. The minimum Gasteiger partial charge on any atom is -0.493 e. The number of hydrogen-bond acceptors (Lipinski definition) is 5. The average molecular weight is 295 g/mol. The van der Waals surface area contributed by atoms with Gasteiger partial charge in [-0.25, -0.2) is 0 Å². The lowest BCUT2D eigenvalue weighted by Gasteiger charge is -2.19. The SMILES string of the molecule is COc1ccc(C(=O)C(CC(=O)O)NC(C)C)cc1OC. The van der Waals surface area contributed by atoms with Crippen molar-refractivity contribution in [2.24, 2.45) is 0 Å². The topological polar surface area (TPSA) is 84.9 Å². The molecule has 0 heterocycles. The highest BCUT2D eigenvalue weighted by atomic mass is 16.5. The van der Waals surface area contributed by atoms with Crippen LogP contribution >= 0.6 is 0 Å². The molecule has 0 aliphatic carbocycles. The van der Waals surface area contributed by atoms with Crippen LogP contribution in [0.5, 0.6) is 11.5 Å². The average Bonchev–Trinajstić information content (AvgIpc) is 2.44. The number of benzene rings is 1. The van der Waals surface area contributed by atoms with Crippen molar-refractivity contribution in [3.63, 3.8) is 0 Å². The molecule has 0 aromatic heterocycles. The largest absolute Gasteiger partial charge is 0.493 e. The Morgan fingerprint density at radius 2 is 1.81 bits per heavy atom. The van der Waals surface area contributed by atoms with E-state index in [9.17, 15) is 9.59 Å². The molecule has 0 amide bonds. The number of nitrogens with one attached hydrogen (secondary N) is 1. The maximum absolute atomic E-state index is 12.5. The molecule has 0 aliphatic rings. The van der Waals surface area contributed by atoms with Gasteiger partial charge in [-0.2, -0.15) is 0 Å². The summed E-state index contributed by atoms with van der Waals surface area (Å²) in [5, 5.41) is 11.9. The molecule has 0 fully saturated rings. The van der Waals surface area contributed by atoms with Crippen molar-refractivity contribution in [1.29, 1.82) is 0 Å². The Bertz CT molecular complexity index is 513. The Kier molecular flexibility index (Phi) is 6.17. The summed E-state index contributed by atoms with van der Waals surface area (Å²) in [5.74, 6) is -0.364. The van der Waals surface area contributed by atoms with Crippen LogP contribution in [0.25, 0.3) is 0 Å². The number of ketones is 1. The molecular weight excluding hydrogens is 274 g/mol. The van der Waals surface area contributed by atoms with Gasteiger partial charge < -0.3 is 19.9 Å². The minimum atomic E-state index is -1.03. The van der Waals surface area contributed by atoms with Crippen LogP contribution in [0.2, 0.25) is 0 Å². The molecule has 116 valence electrons. The van der Waals surface area contributed by atoms with Crippen LogP contribution < -0.4 is 14.8 Å². The molecule has 0 spiro atoms. The quantitative estimate of drug-likeness (QED) is 0.710. The molecule has 6 heteroatoms. The summed E-state index contributed by atoms with van der Waals surface area (Å²) in [4.78, 5) is 23.4. The first-order valence-electron chi connectivity index (χ1n) is 6.63. The van der Waals surface area contributed by atoms with Gasteiger partial charge in [0.05, 0.1) is 26.7 Å². The van der Waals surface area contributed by atoms with Gasteiger partial charge in [-0.1, -0.05) is 13.8 Å². The maximum Gasteiger partial charge on any atom is 0.305 e. The second-order valence-corrected chi connectivity index (χ2v) is 4.91. The molecule has 2 N–H and O–H groups in total. The number of methoxy groups -OCH3 is 2. The highest BCUT2D eigenvalue weighted by Gasteiger charge is 2.24. The van der Waals surface area contributed by atoms with Crippen molar-refractivity contribution in [1.82, 2.24) is 5.32 Å². The number of carbonyl (C=O) groups excluding carboxylic acids is 1. The summed E-state index contributed by atoms with van der Waals surface area (Å²) >= 11 is 0. The monoisotopic (exact) mass is 295 g/mol. The first-order valence-corrected chi connectivity index (χ1v) is 6.63. The summed E-state index contributed by atoms with van der Waals surface area (Å²) in [7, 11) is 2.99. The van der Waals surface area contributed by atoms with E-state index in [1.165, 1.54) is 14.2 Å². The number of rotatable bonds is 8. The molecule has 0 bridgehead atoms. The normalized spacial score (nSPS) is 12.0. The maximum atomic E-state index is 12.5. The molecule has 1 atom stereocenters. The molecule has 6 nitrogen and oxygen atoms in total. The van der Waals surface area contributed by atoms with Crippen molar-refractivity contribution < 1.29 is 24.2 Å². The molecule has 1 unspecified atom stereocenters.